The third kappa shape index (κ3) is 3.65. The van der Waals surface area contributed by atoms with Crippen LogP contribution in [-0.4, -0.2) is 16.7 Å². The van der Waals surface area contributed by atoms with Crippen LogP contribution in [0.4, 0.5) is 0 Å². The summed E-state index contributed by atoms with van der Waals surface area (Å²) < 4.78 is 7.07. The van der Waals surface area contributed by atoms with E-state index in [-0.39, 0.29) is 5.69 Å². The topological polar surface area (TPSA) is 44.1 Å². The van der Waals surface area contributed by atoms with E-state index in [9.17, 15) is 4.79 Å². The molecule has 0 aliphatic heterocycles. The summed E-state index contributed by atoms with van der Waals surface area (Å²) in [5.74, 6) is 1.56. The first kappa shape index (κ1) is 17.9. The van der Waals surface area contributed by atoms with Crippen molar-refractivity contribution in [3.63, 3.8) is 0 Å². The molecule has 27 heavy (non-hydrogen) atoms. The summed E-state index contributed by atoms with van der Waals surface area (Å²) >= 11 is 1.66. The highest BCUT2D eigenvalue weighted by Crippen LogP contribution is 2.32. The second-order valence-corrected chi connectivity index (χ2v) is 7.76. The lowest BCUT2D eigenvalue weighted by molar-refractivity contribution is 0.414. The molecule has 0 N–H and O–H groups in total. The third-order valence-electron chi connectivity index (χ3n) is 4.87. The van der Waals surface area contributed by atoms with Crippen molar-refractivity contribution < 1.29 is 4.74 Å². The summed E-state index contributed by atoms with van der Waals surface area (Å²) in [6, 6.07) is 16.1. The molecule has 0 radical (unpaired) electrons. The lowest BCUT2D eigenvalue weighted by atomic mass is 10.2. The molecule has 138 valence electrons. The second-order valence-electron chi connectivity index (χ2n) is 6.79. The fourth-order valence-corrected chi connectivity index (χ4v) is 4.63. The van der Waals surface area contributed by atoms with Crippen LogP contribution in [0, 0.1) is 6.92 Å². The lowest BCUT2D eigenvalue weighted by Crippen LogP contribution is -2.25. The Morgan fingerprint density at radius 2 is 2.00 bits per heavy atom. The summed E-state index contributed by atoms with van der Waals surface area (Å²) in [5.41, 5.74) is 5.42. The van der Waals surface area contributed by atoms with E-state index in [1.165, 1.54) is 16.7 Å². The van der Waals surface area contributed by atoms with Gasteiger partial charge in [0.2, 0.25) is 0 Å². The van der Waals surface area contributed by atoms with E-state index in [1.54, 1.807) is 23.4 Å². The van der Waals surface area contributed by atoms with E-state index in [4.69, 9.17) is 4.74 Å². The molecule has 0 saturated carbocycles. The number of rotatable bonds is 5. The minimum absolute atomic E-state index is 0.212. The largest absolute Gasteiger partial charge is 0.497 e. The molecule has 0 unspecified atom stereocenters. The van der Waals surface area contributed by atoms with E-state index >= 15 is 0 Å². The van der Waals surface area contributed by atoms with Gasteiger partial charge >= 0.3 is 5.69 Å². The highest BCUT2D eigenvalue weighted by atomic mass is 32.2. The van der Waals surface area contributed by atoms with Gasteiger partial charge in [-0.3, -0.25) is 4.57 Å². The van der Waals surface area contributed by atoms with E-state index in [0.29, 0.717) is 0 Å². The molecule has 0 bridgehead atoms. The molecule has 0 amide bonds. The summed E-state index contributed by atoms with van der Waals surface area (Å²) in [6.07, 6.45) is 2.94. The van der Waals surface area contributed by atoms with Crippen LogP contribution in [0.25, 0.3) is 5.69 Å². The third-order valence-corrected chi connectivity index (χ3v) is 5.96. The van der Waals surface area contributed by atoms with Crippen LogP contribution in [0.2, 0.25) is 0 Å². The van der Waals surface area contributed by atoms with Gasteiger partial charge < -0.3 is 4.74 Å². The molecule has 4 nitrogen and oxygen atoms in total. The second kappa shape index (κ2) is 7.61. The van der Waals surface area contributed by atoms with Crippen molar-refractivity contribution >= 4 is 11.8 Å². The van der Waals surface area contributed by atoms with Gasteiger partial charge in [-0.05, 0) is 43.9 Å². The van der Waals surface area contributed by atoms with Gasteiger partial charge in [0.15, 0.2) is 0 Å². The van der Waals surface area contributed by atoms with Gasteiger partial charge in [-0.2, -0.15) is 4.98 Å². The lowest BCUT2D eigenvalue weighted by Gasteiger charge is -2.15. The number of thioether (sulfide) groups is 1. The normalized spacial score (nSPS) is 12.8. The average molecular weight is 378 g/mol. The molecular formula is C22H22N2O2S. The van der Waals surface area contributed by atoms with Crippen molar-refractivity contribution in [3.05, 3.63) is 81.4 Å². The Morgan fingerprint density at radius 3 is 2.81 bits per heavy atom. The number of methoxy groups -OCH3 is 1. The maximum Gasteiger partial charge on any atom is 0.353 e. The first-order valence-electron chi connectivity index (χ1n) is 9.13. The van der Waals surface area contributed by atoms with Gasteiger partial charge in [0.1, 0.15) is 10.8 Å². The summed E-state index contributed by atoms with van der Waals surface area (Å²) in [6.45, 7) is 2.10. The van der Waals surface area contributed by atoms with Crippen LogP contribution in [-0.2, 0) is 18.6 Å². The van der Waals surface area contributed by atoms with Crippen molar-refractivity contribution in [1.82, 2.24) is 9.55 Å². The molecule has 2 aromatic carbocycles. The van der Waals surface area contributed by atoms with Crippen LogP contribution < -0.4 is 10.4 Å². The number of aromatic nitrogens is 2. The minimum atomic E-state index is -0.212. The molecule has 5 heteroatoms. The number of fused-ring (bicyclic) bond motifs is 1. The van der Waals surface area contributed by atoms with Crippen LogP contribution in [0.15, 0.2) is 58.4 Å². The van der Waals surface area contributed by atoms with Gasteiger partial charge in [-0.15, -0.1) is 11.8 Å². The van der Waals surface area contributed by atoms with E-state index in [0.717, 1.165) is 47.2 Å². The molecule has 3 aromatic rings. The zero-order valence-electron chi connectivity index (χ0n) is 15.6. The Morgan fingerprint density at radius 1 is 1.15 bits per heavy atom. The number of benzene rings is 2. The predicted molar refractivity (Wildman–Crippen MR) is 109 cm³/mol. The number of hydrogen-bond acceptors (Lipinski definition) is 4. The van der Waals surface area contributed by atoms with E-state index in [2.05, 4.69) is 36.2 Å². The van der Waals surface area contributed by atoms with Gasteiger partial charge in [0, 0.05) is 23.1 Å². The van der Waals surface area contributed by atoms with E-state index in [1.807, 2.05) is 24.3 Å². The van der Waals surface area contributed by atoms with Crippen molar-refractivity contribution in [2.45, 2.75) is 37.0 Å². The first-order chi connectivity index (χ1) is 13.2. The monoisotopic (exact) mass is 378 g/mol. The molecule has 1 heterocycles. The molecule has 1 aliphatic carbocycles. The maximum absolute atomic E-state index is 12.9. The Bertz CT molecular complexity index is 1040. The molecule has 4 rings (SSSR count). The minimum Gasteiger partial charge on any atom is -0.497 e. The van der Waals surface area contributed by atoms with Crippen molar-refractivity contribution in [2.75, 3.05) is 7.11 Å². The molecule has 0 atom stereocenters. The van der Waals surface area contributed by atoms with Crippen LogP contribution in [0.5, 0.6) is 5.75 Å². The Hall–Kier alpha value is -2.53. The van der Waals surface area contributed by atoms with Gasteiger partial charge in [-0.1, -0.05) is 35.9 Å². The fourth-order valence-electron chi connectivity index (χ4n) is 3.61. The summed E-state index contributed by atoms with van der Waals surface area (Å²) in [7, 11) is 1.63. The SMILES string of the molecule is COc1cccc(-n2c3c(c(SCc4cccc(C)c4)nc2=O)CCC3)c1. The zero-order valence-corrected chi connectivity index (χ0v) is 16.4. The predicted octanol–water partition coefficient (Wildman–Crippen LogP) is 4.33. The Kier molecular flexibility index (Phi) is 5.03. The highest BCUT2D eigenvalue weighted by molar-refractivity contribution is 7.98. The number of hydrogen-bond donors (Lipinski definition) is 0. The van der Waals surface area contributed by atoms with E-state index < -0.39 is 0 Å². The quantitative estimate of drug-likeness (QED) is 0.490. The molecule has 1 aromatic heterocycles. The van der Waals surface area contributed by atoms with Crippen LogP contribution in [0.3, 0.4) is 0 Å². The molecular weight excluding hydrogens is 356 g/mol. The Labute approximate surface area is 163 Å². The molecule has 0 fully saturated rings. The highest BCUT2D eigenvalue weighted by Gasteiger charge is 2.23. The maximum atomic E-state index is 12.9. The molecule has 0 saturated heterocycles. The summed E-state index contributed by atoms with van der Waals surface area (Å²) in [4.78, 5) is 17.3. The molecule has 0 spiro atoms. The molecule has 1 aliphatic rings. The summed E-state index contributed by atoms with van der Waals surface area (Å²) in [5, 5.41) is 0.883. The number of ether oxygens (including phenoxy) is 1. The zero-order chi connectivity index (χ0) is 18.8. The standard InChI is InChI=1S/C22H22N2O2S/c1-15-6-3-7-16(12-15)14-27-21-19-10-5-11-20(19)24(22(25)23-21)17-8-4-9-18(13-17)26-2/h3-4,6-9,12-13H,5,10-11,14H2,1-2H3. The number of nitrogens with zero attached hydrogens (tertiary/aromatic N) is 2. The van der Waals surface area contributed by atoms with Gasteiger partial charge in [0.05, 0.1) is 12.8 Å². The first-order valence-corrected chi connectivity index (χ1v) is 10.1. The van der Waals surface area contributed by atoms with Crippen molar-refractivity contribution in [1.29, 1.82) is 0 Å². The van der Waals surface area contributed by atoms with Crippen LogP contribution in [0.1, 0.15) is 28.8 Å². The van der Waals surface area contributed by atoms with Gasteiger partial charge in [-0.25, -0.2) is 4.79 Å². The van der Waals surface area contributed by atoms with Crippen LogP contribution >= 0.6 is 11.8 Å². The average Bonchev–Trinajstić information content (AvgIpc) is 3.16. The Balaban J connectivity index is 1.71. The van der Waals surface area contributed by atoms with Crippen molar-refractivity contribution in [2.24, 2.45) is 0 Å². The fraction of sp³-hybridized carbons (Fsp3) is 0.273. The van der Waals surface area contributed by atoms with Crippen molar-refractivity contribution in [3.8, 4) is 11.4 Å². The van der Waals surface area contributed by atoms with Gasteiger partial charge in [0.25, 0.3) is 0 Å². The number of aryl methyl sites for hydroxylation is 1. The smallest absolute Gasteiger partial charge is 0.353 e.